The number of rotatable bonds is 5. The van der Waals surface area contributed by atoms with Crippen LogP contribution in [0.25, 0.3) is 10.8 Å². The number of benzene rings is 2. The largest absolute Gasteiger partial charge is 0.508 e. The number of phenolic OH excluding ortho intramolecular Hbond substituents is 1. The fourth-order valence-electron chi connectivity index (χ4n) is 2.35. The lowest BCUT2D eigenvalue weighted by atomic mass is 10.0. The molecular weight excluding hydrogens is 250 g/mol. The van der Waals surface area contributed by atoms with Gasteiger partial charge in [-0.15, -0.1) is 0 Å². The molecule has 4 nitrogen and oxygen atoms in total. The second-order valence-electron chi connectivity index (χ2n) is 4.76. The highest BCUT2D eigenvalue weighted by Gasteiger charge is 2.05. The predicted molar refractivity (Wildman–Crippen MR) is 79.5 cm³/mol. The first-order valence-corrected chi connectivity index (χ1v) is 6.70. The number of nitrogens with zero attached hydrogens (tertiary/aromatic N) is 2. The highest BCUT2D eigenvalue weighted by atomic mass is 16.3. The van der Waals surface area contributed by atoms with E-state index in [1.54, 1.807) is 18.6 Å². The van der Waals surface area contributed by atoms with Crippen molar-refractivity contribution in [3.8, 4) is 5.75 Å². The van der Waals surface area contributed by atoms with Crippen LogP contribution in [0.4, 0.5) is 0 Å². The summed E-state index contributed by atoms with van der Waals surface area (Å²) in [5.74, 6) is 0.346. The first kappa shape index (κ1) is 12.7. The van der Waals surface area contributed by atoms with E-state index in [9.17, 15) is 5.11 Å². The molecule has 0 fully saturated rings. The summed E-state index contributed by atoms with van der Waals surface area (Å²) in [5, 5.41) is 15.7. The number of fused-ring (bicyclic) bond motifs is 1. The standard InChI is InChI=1S/C16H17N3O/c20-16-6-5-13-3-1-2-4-14(13)15(16)11-17-7-9-19-10-8-18-12-19/h1-6,8,10,12,17,20H,7,9,11H2. The second-order valence-corrected chi connectivity index (χ2v) is 4.76. The SMILES string of the molecule is Oc1ccc2ccccc2c1CNCCn1ccnc1. The Labute approximate surface area is 117 Å². The maximum absolute atomic E-state index is 10.0. The smallest absolute Gasteiger partial charge is 0.120 e. The van der Waals surface area contributed by atoms with Gasteiger partial charge in [0.05, 0.1) is 6.33 Å². The van der Waals surface area contributed by atoms with Crippen molar-refractivity contribution in [2.75, 3.05) is 6.54 Å². The first-order chi connectivity index (χ1) is 9.84. The van der Waals surface area contributed by atoms with E-state index in [1.165, 1.54) is 0 Å². The molecule has 0 aliphatic carbocycles. The van der Waals surface area contributed by atoms with E-state index < -0.39 is 0 Å². The van der Waals surface area contributed by atoms with Crippen molar-refractivity contribution in [1.29, 1.82) is 0 Å². The van der Waals surface area contributed by atoms with Crippen LogP contribution in [0, 0.1) is 0 Å². The molecule has 0 radical (unpaired) electrons. The Morgan fingerprint density at radius 3 is 2.90 bits per heavy atom. The Balaban J connectivity index is 1.69. The summed E-state index contributed by atoms with van der Waals surface area (Å²) in [6.45, 7) is 2.35. The first-order valence-electron chi connectivity index (χ1n) is 6.70. The molecule has 0 atom stereocenters. The number of hydrogen-bond acceptors (Lipinski definition) is 3. The van der Waals surface area contributed by atoms with Crippen LogP contribution >= 0.6 is 0 Å². The van der Waals surface area contributed by atoms with Crippen LogP contribution in [0.1, 0.15) is 5.56 Å². The highest BCUT2D eigenvalue weighted by molar-refractivity contribution is 5.87. The van der Waals surface area contributed by atoms with Gasteiger partial charge < -0.3 is 15.0 Å². The fourth-order valence-corrected chi connectivity index (χ4v) is 2.35. The molecule has 3 aromatic rings. The molecule has 0 spiro atoms. The predicted octanol–water partition coefficient (Wildman–Crippen LogP) is 2.53. The number of phenols is 1. The van der Waals surface area contributed by atoms with E-state index in [0.29, 0.717) is 12.3 Å². The molecule has 0 saturated carbocycles. The topological polar surface area (TPSA) is 50.1 Å². The summed E-state index contributed by atoms with van der Waals surface area (Å²) in [5.41, 5.74) is 0.953. The third-order valence-electron chi connectivity index (χ3n) is 3.42. The van der Waals surface area contributed by atoms with Gasteiger partial charge in [0.15, 0.2) is 0 Å². The van der Waals surface area contributed by atoms with E-state index in [4.69, 9.17) is 0 Å². The average molecular weight is 267 g/mol. The number of aromatic nitrogens is 2. The van der Waals surface area contributed by atoms with Crippen LogP contribution in [-0.2, 0) is 13.1 Å². The molecule has 1 aromatic heterocycles. The molecule has 0 aliphatic heterocycles. The monoisotopic (exact) mass is 267 g/mol. The van der Waals surface area contributed by atoms with E-state index in [-0.39, 0.29) is 0 Å². The van der Waals surface area contributed by atoms with Crippen molar-refractivity contribution < 1.29 is 5.11 Å². The molecule has 0 amide bonds. The number of nitrogens with one attached hydrogen (secondary N) is 1. The number of aromatic hydroxyl groups is 1. The molecule has 0 aliphatic rings. The van der Waals surface area contributed by atoms with Gasteiger partial charge in [-0.3, -0.25) is 0 Å². The third kappa shape index (κ3) is 2.65. The second kappa shape index (κ2) is 5.75. The summed E-state index contributed by atoms with van der Waals surface area (Å²) in [4.78, 5) is 4.01. The normalized spacial score (nSPS) is 11.0. The quantitative estimate of drug-likeness (QED) is 0.698. The summed E-state index contributed by atoms with van der Waals surface area (Å²) < 4.78 is 2.02. The molecular formula is C16H17N3O. The summed E-state index contributed by atoms with van der Waals surface area (Å²) in [6, 6.07) is 11.8. The molecule has 102 valence electrons. The Bertz CT molecular complexity index is 692. The van der Waals surface area contributed by atoms with Gasteiger partial charge >= 0.3 is 0 Å². The maximum Gasteiger partial charge on any atom is 0.120 e. The Kier molecular flexibility index (Phi) is 3.65. The van der Waals surface area contributed by atoms with Gasteiger partial charge in [0.1, 0.15) is 5.75 Å². The number of imidazole rings is 1. The molecule has 20 heavy (non-hydrogen) atoms. The lowest BCUT2D eigenvalue weighted by molar-refractivity contribution is 0.465. The fraction of sp³-hybridized carbons (Fsp3) is 0.188. The molecule has 2 N–H and O–H groups in total. The molecule has 0 bridgehead atoms. The minimum atomic E-state index is 0.346. The zero-order valence-electron chi connectivity index (χ0n) is 11.2. The zero-order chi connectivity index (χ0) is 13.8. The zero-order valence-corrected chi connectivity index (χ0v) is 11.2. The van der Waals surface area contributed by atoms with Crippen LogP contribution in [0.15, 0.2) is 55.1 Å². The van der Waals surface area contributed by atoms with Crippen molar-refractivity contribution in [1.82, 2.24) is 14.9 Å². The van der Waals surface area contributed by atoms with E-state index in [0.717, 1.165) is 29.4 Å². The molecule has 0 unspecified atom stereocenters. The lowest BCUT2D eigenvalue weighted by Gasteiger charge is -2.10. The Hall–Kier alpha value is -2.33. The molecule has 0 saturated heterocycles. The minimum Gasteiger partial charge on any atom is -0.508 e. The highest BCUT2D eigenvalue weighted by Crippen LogP contribution is 2.26. The Morgan fingerprint density at radius 2 is 2.05 bits per heavy atom. The average Bonchev–Trinajstić information content (AvgIpc) is 2.98. The van der Waals surface area contributed by atoms with E-state index >= 15 is 0 Å². The van der Waals surface area contributed by atoms with Crippen LogP contribution in [0.2, 0.25) is 0 Å². The lowest BCUT2D eigenvalue weighted by Crippen LogP contribution is -2.19. The van der Waals surface area contributed by atoms with Gasteiger partial charge in [-0.1, -0.05) is 30.3 Å². The van der Waals surface area contributed by atoms with Crippen molar-refractivity contribution in [2.45, 2.75) is 13.1 Å². The molecule has 1 heterocycles. The maximum atomic E-state index is 10.0. The Morgan fingerprint density at radius 1 is 1.15 bits per heavy atom. The minimum absolute atomic E-state index is 0.346. The molecule has 4 heteroatoms. The van der Waals surface area contributed by atoms with Gasteiger partial charge in [-0.05, 0) is 16.8 Å². The van der Waals surface area contributed by atoms with Crippen LogP contribution < -0.4 is 5.32 Å². The third-order valence-corrected chi connectivity index (χ3v) is 3.42. The van der Waals surface area contributed by atoms with Gasteiger partial charge in [-0.25, -0.2) is 4.98 Å². The van der Waals surface area contributed by atoms with E-state index in [2.05, 4.69) is 16.4 Å². The summed E-state index contributed by atoms with van der Waals surface area (Å²) in [7, 11) is 0. The van der Waals surface area contributed by atoms with Crippen LogP contribution in [-0.4, -0.2) is 21.2 Å². The van der Waals surface area contributed by atoms with Crippen molar-refractivity contribution in [3.63, 3.8) is 0 Å². The number of hydrogen-bond donors (Lipinski definition) is 2. The van der Waals surface area contributed by atoms with E-state index in [1.807, 2.05) is 35.0 Å². The van der Waals surface area contributed by atoms with Gasteiger partial charge in [0.2, 0.25) is 0 Å². The van der Waals surface area contributed by atoms with Gasteiger partial charge in [0.25, 0.3) is 0 Å². The van der Waals surface area contributed by atoms with Crippen molar-refractivity contribution in [3.05, 3.63) is 60.7 Å². The van der Waals surface area contributed by atoms with Crippen LogP contribution in [0.3, 0.4) is 0 Å². The summed E-state index contributed by atoms with van der Waals surface area (Å²) >= 11 is 0. The van der Waals surface area contributed by atoms with Crippen molar-refractivity contribution in [2.24, 2.45) is 0 Å². The molecule has 2 aromatic carbocycles. The molecule has 3 rings (SSSR count). The summed E-state index contributed by atoms with van der Waals surface area (Å²) in [6.07, 6.45) is 5.52. The van der Waals surface area contributed by atoms with Crippen molar-refractivity contribution >= 4 is 10.8 Å². The van der Waals surface area contributed by atoms with Crippen LogP contribution in [0.5, 0.6) is 5.75 Å². The van der Waals surface area contributed by atoms with Gasteiger partial charge in [0, 0.05) is 37.6 Å². The van der Waals surface area contributed by atoms with Gasteiger partial charge in [-0.2, -0.15) is 0 Å².